The maximum absolute atomic E-state index is 12.7. The van der Waals surface area contributed by atoms with Crippen molar-refractivity contribution >= 4 is 22.4 Å². The summed E-state index contributed by atoms with van der Waals surface area (Å²) in [7, 11) is 0. The zero-order valence-corrected chi connectivity index (χ0v) is 13.5. The predicted octanol–water partition coefficient (Wildman–Crippen LogP) is 5.99. The molecular formula is C20H14F3N3. The molecule has 0 spiro atoms. The Morgan fingerprint density at radius 2 is 1.62 bits per heavy atom. The molecule has 2 aromatic heterocycles. The standard InChI is InChI=1S/C20H14F3N3/c21-20(22,23)15-6-8-16(9-7-15)26-18-12-25-19-17(18)10-14(11-24-19)13-4-2-1-3-5-13/h1-12,26H,(H,24,25). The third-order valence-electron chi connectivity index (χ3n) is 4.13. The Bertz CT molecular complexity index is 1040. The molecule has 2 aromatic carbocycles. The van der Waals surface area contributed by atoms with Crippen molar-refractivity contribution in [1.82, 2.24) is 9.97 Å². The van der Waals surface area contributed by atoms with Gasteiger partial charge >= 0.3 is 6.18 Å². The van der Waals surface area contributed by atoms with E-state index in [4.69, 9.17) is 0 Å². The first-order chi connectivity index (χ1) is 12.5. The highest BCUT2D eigenvalue weighted by atomic mass is 19.4. The van der Waals surface area contributed by atoms with Gasteiger partial charge in [-0.25, -0.2) is 4.98 Å². The first-order valence-corrected chi connectivity index (χ1v) is 7.97. The SMILES string of the molecule is FC(F)(F)c1ccc(Nc2c[nH]c3ncc(-c4ccccc4)cc23)cc1. The summed E-state index contributed by atoms with van der Waals surface area (Å²) in [6, 6.07) is 16.8. The summed E-state index contributed by atoms with van der Waals surface area (Å²) in [6.07, 6.45) is -0.798. The number of alkyl halides is 3. The molecule has 26 heavy (non-hydrogen) atoms. The molecule has 0 saturated heterocycles. The first-order valence-electron chi connectivity index (χ1n) is 7.97. The average molecular weight is 353 g/mol. The number of hydrogen-bond donors (Lipinski definition) is 2. The monoisotopic (exact) mass is 353 g/mol. The van der Waals surface area contributed by atoms with Crippen LogP contribution in [-0.4, -0.2) is 9.97 Å². The van der Waals surface area contributed by atoms with E-state index in [0.29, 0.717) is 11.3 Å². The molecule has 0 aliphatic carbocycles. The fourth-order valence-corrected chi connectivity index (χ4v) is 2.79. The number of aromatic amines is 1. The number of nitrogens with one attached hydrogen (secondary N) is 2. The number of pyridine rings is 1. The van der Waals surface area contributed by atoms with E-state index in [1.807, 2.05) is 36.4 Å². The van der Waals surface area contributed by atoms with Gasteiger partial charge in [-0.05, 0) is 35.9 Å². The van der Waals surface area contributed by atoms with Crippen molar-refractivity contribution in [2.45, 2.75) is 6.18 Å². The quantitative estimate of drug-likeness (QED) is 0.475. The van der Waals surface area contributed by atoms with Gasteiger partial charge in [0.2, 0.25) is 0 Å². The number of H-pyrrole nitrogens is 1. The fraction of sp³-hybridized carbons (Fsp3) is 0.0500. The molecule has 0 radical (unpaired) electrons. The van der Waals surface area contributed by atoms with Crippen LogP contribution >= 0.6 is 0 Å². The second-order valence-corrected chi connectivity index (χ2v) is 5.89. The largest absolute Gasteiger partial charge is 0.416 e. The summed E-state index contributed by atoms with van der Waals surface area (Å²) in [5.41, 5.74) is 3.37. The number of aromatic nitrogens is 2. The van der Waals surface area contributed by atoms with E-state index < -0.39 is 11.7 Å². The van der Waals surface area contributed by atoms with Crippen LogP contribution in [0.5, 0.6) is 0 Å². The van der Waals surface area contributed by atoms with E-state index >= 15 is 0 Å². The molecule has 2 N–H and O–H groups in total. The van der Waals surface area contributed by atoms with Crippen LogP contribution in [0.2, 0.25) is 0 Å². The number of rotatable bonds is 3. The van der Waals surface area contributed by atoms with Crippen LogP contribution in [0.1, 0.15) is 5.56 Å². The van der Waals surface area contributed by atoms with Gasteiger partial charge in [-0.15, -0.1) is 0 Å². The van der Waals surface area contributed by atoms with Gasteiger partial charge in [-0.2, -0.15) is 13.2 Å². The van der Waals surface area contributed by atoms with Gasteiger partial charge in [0.1, 0.15) is 5.65 Å². The van der Waals surface area contributed by atoms with Gasteiger partial charge in [-0.3, -0.25) is 0 Å². The molecule has 4 rings (SSSR count). The lowest BCUT2D eigenvalue weighted by Gasteiger charge is -2.09. The Morgan fingerprint density at radius 3 is 2.31 bits per heavy atom. The number of hydrogen-bond acceptors (Lipinski definition) is 2. The molecule has 6 heteroatoms. The first kappa shape index (κ1) is 16.2. The average Bonchev–Trinajstić information content (AvgIpc) is 3.04. The Morgan fingerprint density at radius 1 is 0.885 bits per heavy atom. The third-order valence-corrected chi connectivity index (χ3v) is 4.13. The van der Waals surface area contributed by atoms with E-state index in [0.717, 1.165) is 34.3 Å². The van der Waals surface area contributed by atoms with Gasteiger partial charge < -0.3 is 10.3 Å². The van der Waals surface area contributed by atoms with Crippen molar-refractivity contribution in [1.29, 1.82) is 0 Å². The summed E-state index contributed by atoms with van der Waals surface area (Å²) in [4.78, 5) is 7.49. The van der Waals surface area contributed by atoms with Crippen LogP contribution in [0.15, 0.2) is 73.1 Å². The second-order valence-electron chi connectivity index (χ2n) is 5.89. The highest BCUT2D eigenvalue weighted by Gasteiger charge is 2.29. The molecule has 2 heterocycles. The number of anilines is 2. The molecule has 4 aromatic rings. The van der Waals surface area contributed by atoms with Crippen molar-refractivity contribution < 1.29 is 13.2 Å². The van der Waals surface area contributed by atoms with E-state index in [1.165, 1.54) is 12.1 Å². The van der Waals surface area contributed by atoms with Gasteiger partial charge in [0.15, 0.2) is 0 Å². The predicted molar refractivity (Wildman–Crippen MR) is 96.3 cm³/mol. The van der Waals surface area contributed by atoms with E-state index in [-0.39, 0.29) is 0 Å². The summed E-state index contributed by atoms with van der Waals surface area (Å²) in [5, 5.41) is 4.01. The Balaban J connectivity index is 1.66. The number of fused-ring (bicyclic) bond motifs is 1. The lowest BCUT2D eigenvalue weighted by molar-refractivity contribution is -0.137. The smallest absolute Gasteiger partial charge is 0.354 e. The van der Waals surface area contributed by atoms with E-state index in [9.17, 15) is 13.2 Å². The molecule has 0 unspecified atom stereocenters. The molecule has 0 atom stereocenters. The van der Waals surface area contributed by atoms with Crippen LogP contribution in [-0.2, 0) is 6.18 Å². The maximum atomic E-state index is 12.7. The molecular weight excluding hydrogens is 339 g/mol. The van der Waals surface area contributed by atoms with Crippen molar-refractivity contribution in [2.24, 2.45) is 0 Å². The minimum absolute atomic E-state index is 0.573. The normalized spacial score (nSPS) is 11.7. The van der Waals surface area contributed by atoms with Gasteiger partial charge in [0.05, 0.1) is 11.3 Å². The number of halogens is 3. The van der Waals surface area contributed by atoms with Gasteiger partial charge in [0, 0.05) is 29.0 Å². The Hall–Kier alpha value is -3.28. The minimum atomic E-state index is -4.34. The zero-order chi connectivity index (χ0) is 18.1. The fourth-order valence-electron chi connectivity index (χ4n) is 2.79. The van der Waals surface area contributed by atoms with Crippen molar-refractivity contribution in [2.75, 3.05) is 5.32 Å². The molecule has 0 fully saturated rings. The van der Waals surface area contributed by atoms with Crippen molar-refractivity contribution in [3.05, 3.63) is 78.6 Å². The van der Waals surface area contributed by atoms with Crippen LogP contribution in [0, 0.1) is 0 Å². The van der Waals surface area contributed by atoms with Gasteiger partial charge in [-0.1, -0.05) is 30.3 Å². The lowest BCUT2D eigenvalue weighted by Crippen LogP contribution is -2.04. The molecule has 0 amide bonds. The lowest BCUT2D eigenvalue weighted by atomic mass is 10.1. The van der Waals surface area contributed by atoms with Crippen molar-refractivity contribution in [3.63, 3.8) is 0 Å². The Labute approximate surface area is 147 Å². The molecule has 0 aliphatic heterocycles. The number of benzene rings is 2. The Kier molecular flexibility index (Phi) is 3.88. The van der Waals surface area contributed by atoms with Crippen LogP contribution < -0.4 is 5.32 Å². The van der Waals surface area contributed by atoms with Gasteiger partial charge in [0.25, 0.3) is 0 Å². The second kappa shape index (κ2) is 6.22. The third kappa shape index (κ3) is 3.13. The minimum Gasteiger partial charge on any atom is -0.354 e. The van der Waals surface area contributed by atoms with E-state index in [1.54, 1.807) is 12.4 Å². The summed E-state index contributed by atoms with van der Waals surface area (Å²) < 4.78 is 38.0. The molecule has 3 nitrogen and oxygen atoms in total. The molecule has 0 bridgehead atoms. The highest BCUT2D eigenvalue weighted by molar-refractivity contribution is 5.94. The summed E-state index contributed by atoms with van der Waals surface area (Å²) in [6.45, 7) is 0. The summed E-state index contributed by atoms with van der Waals surface area (Å²) >= 11 is 0. The van der Waals surface area contributed by atoms with Crippen LogP contribution in [0.3, 0.4) is 0 Å². The number of nitrogens with zero attached hydrogens (tertiary/aromatic N) is 1. The topological polar surface area (TPSA) is 40.7 Å². The highest BCUT2D eigenvalue weighted by Crippen LogP contribution is 2.32. The molecule has 0 aliphatic rings. The van der Waals surface area contributed by atoms with Crippen LogP contribution in [0.25, 0.3) is 22.2 Å². The van der Waals surface area contributed by atoms with Crippen molar-refractivity contribution in [3.8, 4) is 11.1 Å². The molecule has 130 valence electrons. The van der Waals surface area contributed by atoms with Crippen LogP contribution in [0.4, 0.5) is 24.5 Å². The molecule has 0 saturated carbocycles. The summed E-state index contributed by atoms with van der Waals surface area (Å²) in [5.74, 6) is 0. The van der Waals surface area contributed by atoms with E-state index in [2.05, 4.69) is 15.3 Å². The maximum Gasteiger partial charge on any atom is 0.416 e. The zero-order valence-electron chi connectivity index (χ0n) is 13.5.